The number of halogens is 1. The van der Waals surface area contributed by atoms with E-state index in [9.17, 15) is 4.79 Å². The van der Waals surface area contributed by atoms with Crippen LogP contribution in [0.2, 0.25) is 5.02 Å². The summed E-state index contributed by atoms with van der Waals surface area (Å²) in [6.45, 7) is 0. The Balaban J connectivity index is 1.55. The summed E-state index contributed by atoms with van der Waals surface area (Å²) in [6.07, 6.45) is 5.24. The summed E-state index contributed by atoms with van der Waals surface area (Å²) in [5, 5.41) is 7.15. The lowest BCUT2D eigenvalue weighted by Gasteiger charge is -2.30. The molecule has 6 heteroatoms. The van der Waals surface area contributed by atoms with E-state index < -0.39 is 0 Å². The number of hydrogen-bond donors (Lipinski definition) is 0. The molecule has 5 rings (SSSR count). The highest BCUT2D eigenvalue weighted by Crippen LogP contribution is 2.45. The Morgan fingerprint density at radius 1 is 0.919 bits per heavy atom. The normalized spacial score (nSPS) is 20.0. The molecule has 2 atom stereocenters. The Morgan fingerprint density at radius 2 is 1.54 bits per heavy atom. The molecule has 3 aromatic rings. The summed E-state index contributed by atoms with van der Waals surface area (Å²) >= 11 is 6.45. The van der Waals surface area contributed by atoms with E-state index in [1.165, 1.54) is 11.3 Å². The standard InChI is InChI=1S/C31H33ClN4O/c1-34(2)24-16-12-21(13-17-24)20-23-8-7-10-27-29(23)33-36(31(37)26-9-5-6-11-28(26)32)30(27)22-14-18-25(19-15-22)35(3)4/h5-6,9,11-20,27,30H,7-8,10H2,1-4H3/b23-20+. The van der Waals surface area contributed by atoms with Gasteiger partial charge in [-0.15, -0.1) is 0 Å². The van der Waals surface area contributed by atoms with Crippen LogP contribution < -0.4 is 9.80 Å². The van der Waals surface area contributed by atoms with Gasteiger partial charge in [-0.05, 0) is 78.4 Å². The molecule has 0 saturated heterocycles. The van der Waals surface area contributed by atoms with Gasteiger partial charge in [-0.2, -0.15) is 5.10 Å². The molecular weight excluding hydrogens is 480 g/mol. The van der Waals surface area contributed by atoms with Gasteiger partial charge in [0.1, 0.15) is 0 Å². The van der Waals surface area contributed by atoms with Crippen LogP contribution in [0.1, 0.15) is 46.8 Å². The second-order valence-corrected chi connectivity index (χ2v) is 10.6. The number of nitrogens with zero attached hydrogens (tertiary/aromatic N) is 4. The van der Waals surface area contributed by atoms with Crippen molar-refractivity contribution in [3.05, 3.63) is 100 Å². The van der Waals surface area contributed by atoms with Crippen molar-refractivity contribution in [1.29, 1.82) is 0 Å². The molecule has 0 N–H and O–H groups in total. The number of amides is 1. The highest BCUT2D eigenvalue weighted by Gasteiger charge is 2.44. The SMILES string of the molecule is CN(C)c1ccc(/C=C2\CCCC3C2=NN(C(=O)c2ccccc2Cl)C3c2ccc(N(C)C)cc2)cc1. The minimum Gasteiger partial charge on any atom is -0.378 e. The number of benzene rings is 3. The van der Waals surface area contributed by atoms with Crippen molar-refractivity contribution in [1.82, 2.24) is 5.01 Å². The molecular formula is C31H33ClN4O. The molecule has 37 heavy (non-hydrogen) atoms. The van der Waals surface area contributed by atoms with Crippen LogP contribution in [-0.4, -0.2) is 44.8 Å². The Bertz CT molecular complexity index is 1340. The summed E-state index contributed by atoms with van der Waals surface area (Å²) < 4.78 is 0. The lowest BCUT2D eigenvalue weighted by molar-refractivity contribution is 0.0681. The number of hydrazone groups is 1. The molecule has 190 valence electrons. The predicted octanol–water partition coefficient (Wildman–Crippen LogP) is 6.91. The van der Waals surface area contributed by atoms with Gasteiger partial charge in [0, 0.05) is 45.5 Å². The molecule has 5 nitrogen and oxygen atoms in total. The summed E-state index contributed by atoms with van der Waals surface area (Å²) in [7, 11) is 8.15. The van der Waals surface area contributed by atoms with Crippen LogP contribution in [0.4, 0.5) is 11.4 Å². The smallest absolute Gasteiger partial charge is 0.276 e. The summed E-state index contributed by atoms with van der Waals surface area (Å²) in [4.78, 5) is 18.0. The van der Waals surface area contributed by atoms with Gasteiger partial charge >= 0.3 is 0 Å². The van der Waals surface area contributed by atoms with Gasteiger partial charge in [-0.25, -0.2) is 5.01 Å². The Labute approximate surface area is 224 Å². The molecule has 2 unspecified atom stereocenters. The third kappa shape index (κ3) is 5.01. The molecule has 1 aliphatic carbocycles. The zero-order valence-electron chi connectivity index (χ0n) is 21.9. The van der Waals surface area contributed by atoms with E-state index in [0.29, 0.717) is 10.6 Å². The lowest BCUT2D eigenvalue weighted by atomic mass is 9.77. The van der Waals surface area contributed by atoms with Crippen molar-refractivity contribution < 1.29 is 4.79 Å². The minimum atomic E-state index is -0.171. The van der Waals surface area contributed by atoms with Gasteiger partial charge in [0.05, 0.1) is 22.3 Å². The first-order valence-corrected chi connectivity index (χ1v) is 13.1. The molecule has 1 amide bonds. The van der Waals surface area contributed by atoms with Crippen molar-refractivity contribution in [2.75, 3.05) is 38.0 Å². The van der Waals surface area contributed by atoms with Crippen LogP contribution in [0.25, 0.3) is 6.08 Å². The van der Waals surface area contributed by atoms with Gasteiger partial charge in [0.25, 0.3) is 5.91 Å². The van der Waals surface area contributed by atoms with Crippen LogP contribution in [0.3, 0.4) is 0 Å². The molecule has 1 aliphatic heterocycles. The third-order valence-electron chi connectivity index (χ3n) is 7.32. The first-order chi connectivity index (χ1) is 17.8. The maximum Gasteiger partial charge on any atom is 0.276 e. The maximum absolute atomic E-state index is 13.8. The minimum absolute atomic E-state index is 0.137. The van der Waals surface area contributed by atoms with Crippen LogP contribution in [0.5, 0.6) is 0 Å². The number of rotatable bonds is 5. The second-order valence-electron chi connectivity index (χ2n) is 10.2. The Morgan fingerprint density at radius 3 is 2.16 bits per heavy atom. The molecule has 0 bridgehead atoms. The molecule has 0 spiro atoms. The van der Waals surface area contributed by atoms with Gasteiger partial charge in [-0.1, -0.05) is 48.0 Å². The van der Waals surface area contributed by atoms with E-state index in [0.717, 1.165) is 41.8 Å². The number of carbonyl (C=O) groups excluding carboxylic acids is 1. The molecule has 2 aliphatic rings. The van der Waals surface area contributed by atoms with E-state index in [1.54, 1.807) is 17.1 Å². The van der Waals surface area contributed by atoms with Crippen molar-refractivity contribution in [2.24, 2.45) is 11.0 Å². The number of allylic oxidation sites excluding steroid dienone is 1. The first kappa shape index (κ1) is 25.1. The fourth-order valence-electron chi connectivity index (χ4n) is 5.30. The van der Waals surface area contributed by atoms with E-state index in [-0.39, 0.29) is 17.9 Å². The lowest BCUT2D eigenvalue weighted by Crippen LogP contribution is -2.32. The highest BCUT2D eigenvalue weighted by molar-refractivity contribution is 6.33. The fourth-order valence-corrected chi connectivity index (χ4v) is 5.52. The zero-order chi connectivity index (χ0) is 26.1. The van der Waals surface area contributed by atoms with Gasteiger partial charge < -0.3 is 9.80 Å². The molecule has 1 heterocycles. The molecule has 0 aromatic heterocycles. The number of anilines is 2. The van der Waals surface area contributed by atoms with Crippen LogP contribution in [-0.2, 0) is 0 Å². The quantitative estimate of drug-likeness (QED) is 0.373. The summed E-state index contributed by atoms with van der Waals surface area (Å²) in [6, 6.07) is 24.1. The topological polar surface area (TPSA) is 39.1 Å². The number of hydrogen-bond acceptors (Lipinski definition) is 4. The van der Waals surface area contributed by atoms with Gasteiger partial charge in [-0.3, -0.25) is 4.79 Å². The number of fused-ring (bicyclic) bond motifs is 1. The highest BCUT2D eigenvalue weighted by atomic mass is 35.5. The average molecular weight is 513 g/mol. The van der Waals surface area contributed by atoms with Crippen LogP contribution in [0.15, 0.2) is 83.5 Å². The molecule has 1 fully saturated rings. The van der Waals surface area contributed by atoms with Crippen molar-refractivity contribution in [2.45, 2.75) is 25.3 Å². The monoisotopic (exact) mass is 512 g/mol. The average Bonchev–Trinajstić information content (AvgIpc) is 3.29. The van der Waals surface area contributed by atoms with E-state index in [2.05, 4.69) is 64.4 Å². The van der Waals surface area contributed by atoms with E-state index in [4.69, 9.17) is 16.7 Å². The summed E-state index contributed by atoms with van der Waals surface area (Å²) in [5.74, 6) is -0.0263. The maximum atomic E-state index is 13.8. The van der Waals surface area contributed by atoms with Crippen LogP contribution >= 0.6 is 11.6 Å². The van der Waals surface area contributed by atoms with Crippen molar-refractivity contribution in [3.63, 3.8) is 0 Å². The van der Waals surface area contributed by atoms with Crippen LogP contribution in [0, 0.1) is 5.92 Å². The molecule has 3 aromatic carbocycles. The van der Waals surface area contributed by atoms with Gasteiger partial charge in [0.2, 0.25) is 0 Å². The third-order valence-corrected chi connectivity index (χ3v) is 7.64. The fraction of sp³-hybridized carbons (Fsp3) is 0.290. The number of carbonyl (C=O) groups is 1. The predicted molar refractivity (Wildman–Crippen MR) is 155 cm³/mol. The largest absolute Gasteiger partial charge is 0.378 e. The molecule has 1 saturated carbocycles. The Hall–Kier alpha value is -3.57. The zero-order valence-corrected chi connectivity index (χ0v) is 22.6. The van der Waals surface area contributed by atoms with E-state index >= 15 is 0 Å². The summed E-state index contributed by atoms with van der Waals surface area (Å²) in [5.41, 5.74) is 7.23. The second kappa shape index (κ2) is 10.4. The van der Waals surface area contributed by atoms with Crippen molar-refractivity contribution >= 4 is 40.7 Å². The van der Waals surface area contributed by atoms with E-state index in [1.807, 2.05) is 40.3 Å². The van der Waals surface area contributed by atoms with Gasteiger partial charge in [0.15, 0.2) is 0 Å². The Kier molecular flexibility index (Phi) is 7.07. The molecule has 0 radical (unpaired) electrons. The first-order valence-electron chi connectivity index (χ1n) is 12.8. The van der Waals surface area contributed by atoms with Crippen molar-refractivity contribution in [3.8, 4) is 0 Å².